The molecule has 1 aliphatic rings. The number of anilines is 1. The van der Waals surface area contributed by atoms with E-state index < -0.39 is 11.8 Å². The number of benzene rings is 1. The molecule has 1 fully saturated rings. The summed E-state index contributed by atoms with van der Waals surface area (Å²) >= 11 is 1.73. The van der Waals surface area contributed by atoms with Gasteiger partial charge in [0.25, 0.3) is 5.56 Å². The van der Waals surface area contributed by atoms with Crippen molar-refractivity contribution in [2.45, 2.75) is 25.8 Å². The fraction of sp³-hybridized carbons (Fsp3) is 0.346. The highest BCUT2D eigenvalue weighted by Crippen LogP contribution is 2.29. The molecule has 0 unspecified atom stereocenters. The average Bonchev–Trinajstić information content (AvgIpc) is 3.33. The highest BCUT2D eigenvalue weighted by atomic mass is 32.1. The lowest BCUT2D eigenvalue weighted by Crippen LogP contribution is -2.47. The molecule has 182 valence electrons. The maximum atomic E-state index is 14.0. The zero-order valence-corrected chi connectivity index (χ0v) is 20.1. The molecular formula is C26H27FN4O3S. The second-order valence-corrected chi connectivity index (χ2v) is 9.81. The van der Waals surface area contributed by atoms with Gasteiger partial charge in [-0.3, -0.25) is 14.5 Å². The summed E-state index contributed by atoms with van der Waals surface area (Å²) in [5.41, 5.74) is 1.20. The van der Waals surface area contributed by atoms with Gasteiger partial charge in [-0.1, -0.05) is 0 Å². The van der Waals surface area contributed by atoms with Crippen LogP contribution in [0.4, 0.5) is 10.2 Å². The zero-order chi connectivity index (χ0) is 24.4. The molecule has 4 aromatic rings. The Labute approximate surface area is 206 Å². The van der Waals surface area contributed by atoms with Crippen molar-refractivity contribution >= 4 is 44.1 Å². The van der Waals surface area contributed by atoms with Gasteiger partial charge in [-0.25, -0.2) is 9.37 Å². The fourth-order valence-corrected chi connectivity index (χ4v) is 5.62. The molecule has 1 saturated heterocycles. The van der Waals surface area contributed by atoms with E-state index in [9.17, 15) is 14.0 Å². The highest BCUT2D eigenvalue weighted by Gasteiger charge is 2.20. The van der Waals surface area contributed by atoms with Gasteiger partial charge in [-0.2, -0.15) is 0 Å². The van der Waals surface area contributed by atoms with Crippen LogP contribution in [-0.2, 0) is 17.8 Å². The van der Waals surface area contributed by atoms with Crippen LogP contribution in [0.2, 0.25) is 0 Å². The third kappa shape index (κ3) is 5.06. The first-order valence-corrected chi connectivity index (χ1v) is 12.7. The maximum absolute atomic E-state index is 14.0. The molecule has 35 heavy (non-hydrogen) atoms. The molecule has 0 bridgehead atoms. The molecule has 1 aliphatic heterocycles. The van der Waals surface area contributed by atoms with Crippen LogP contribution in [0.3, 0.4) is 0 Å². The smallest absolute Gasteiger partial charge is 0.303 e. The van der Waals surface area contributed by atoms with Gasteiger partial charge in [0.05, 0.1) is 5.52 Å². The number of carboxylic acid groups (broad SMARTS) is 1. The maximum Gasteiger partial charge on any atom is 0.303 e. The molecule has 1 aromatic carbocycles. The summed E-state index contributed by atoms with van der Waals surface area (Å²) in [7, 11) is 0. The number of carbonyl (C=O) groups is 1. The monoisotopic (exact) mass is 494 g/mol. The first-order chi connectivity index (χ1) is 17.0. The van der Waals surface area contributed by atoms with E-state index in [1.54, 1.807) is 23.5 Å². The SMILES string of the molecule is O=C(O)CCCn1c(=O)cc(CCN2CCN(c3nccc4sccc34)CC2)c2ccc(F)cc21. The largest absolute Gasteiger partial charge is 0.481 e. The number of halogens is 1. The van der Waals surface area contributed by atoms with Crippen molar-refractivity contribution in [2.24, 2.45) is 0 Å². The zero-order valence-electron chi connectivity index (χ0n) is 19.3. The van der Waals surface area contributed by atoms with Crippen molar-refractivity contribution in [2.75, 3.05) is 37.6 Å². The van der Waals surface area contributed by atoms with Gasteiger partial charge in [0, 0.05) is 73.4 Å². The number of rotatable bonds is 8. The van der Waals surface area contributed by atoms with E-state index in [2.05, 4.69) is 32.3 Å². The highest BCUT2D eigenvalue weighted by molar-refractivity contribution is 7.17. The number of aromatic nitrogens is 2. The standard InChI is InChI=1S/C26H27FN4O3S/c27-19-3-4-20-18(16-24(32)31(22(20)17-19)9-1-2-25(33)34)6-10-29-11-13-30(14-12-29)26-21-7-15-35-23(21)5-8-28-26/h3-5,7-8,15-17H,1-2,6,9-14H2,(H,33,34). The number of hydrogen-bond acceptors (Lipinski definition) is 6. The second kappa shape index (κ2) is 10.1. The molecule has 1 N–H and O–H groups in total. The summed E-state index contributed by atoms with van der Waals surface area (Å²) in [6, 6.07) is 10.3. The van der Waals surface area contributed by atoms with Crippen LogP contribution in [0.25, 0.3) is 21.0 Å². The Bertz CT molecular complexity index is 1430. The number of piperazine rings is 1. The molecule has 9 heteroatoms. The second-order valence-electron chi connectivity index (χ2n) is 8.86. The molecule has 4 heterocycles. The molecule has 0 atom stereocenters. The van der Waals surface area contributed by atoms with Crippen molar-refractivity contribution in [3.05, 3.63) is 69.7 Å². The van der Waals surface area contributed by atoms with Gasteiger partial charge >= 0.3 is 5.97 Å². The lowest BCUT2D eigenvalue weighted by Gasteiger charge is -2.35. The summed E-state index contributed by atoms with van der Waals surface area (Å²) in [6.45, 7) is 4.64. The molecule has 0 saturated carbocycles. The number of nitrogens with zero attached hydrogens (tertiary/aromatic N) is 4. The number of pyridine rings is 2. The van der Waals surface area contributed by atoms with E-state index in [4.69, 9.17) is 5.11 Å². The molecule has 5 rings (SSSR count). The van der Waals surface area contributed by atoms with Crippen molar-refractivity contribution < 1.29 is 14.3 Å². The third-order valence-electron chi connectivity index (χ3n) is 6.66. The molecule has 0 aliphatic carbocycles. The third-order valence-corrected chi connectivity index (χ3v) is 7.54. The predicted octanol–water partition coefficient (Wildman–Crippen LogP) is 3.98. The summed E-state index contributed by atoms with van der Waals surface area (Å²) in [4.78, 5) is 33.1. The first-order valence-electron chi connectivity index (χ1n) is 11.8. The number of thiophene rings is 1. The topological polar surface area (TPSA) is 78.7 Å². The van der Waals surface area contributed by atoms with E-state index in [0.29, 0.717) is 18.4 Å². The Morgan fingerprint density at radius 1 is 1.06 bits per heavy atom. The summed E-state index contributed by atoms with van der Waals surface area (Å²) in [5, 5.41) is 13.1. The number of aliphatic carboxylic acids is 1. The minimum atomic E-state index is -0.909. The lowest BCUT2D eigenvalue weighted by molar-refractivity contribution is -0.137. The minimum Gasteiger partial charge on any atom is -0.481 e. The number of fused-ring (bicyclic) bond motifs is 2. The van der Waals surface area contributed by atoms with E-state index in [1.165, 1.54) is 26.8 Å². The van der Waals surface area contributed by atoms with Crippen LogP contribution in [0.5, 0.6) is 0 Å². The van der Waals surface area contributed by atoms with Gasteiger partial charge in [-0.15, -0.1) is 11.3 Å². The molecule has 0 radical (unpaired) electrons. The fourth-order valence-electron chi connectivity index (χ4n) is 4.84. The molecular weight excluding hydrogens is 467 g/mol. The predicted molar refractivity (Wildman–Crippen MR) is 137 cm³/mol. The van der Waals surface area contributed by atoms with Crippen LogP contribution in [-0.4, -0.2) is 58.3 Å². The van der Waals surface area contributed by atoms with Gasteiger partial charge in [0.15, 0.2) is 0 Å². The molecule has 7 nitrogen and oxygen atoms in total. The number of carboxylic acids is 1. The molecule has 0 amide bonds. The van der Waals surface area contributed by atoms with Gasteiger partial charge in [0.1, 0.15) is 11.6 Å². The van der Waals surface area contributed by atoms with Gasteiger partial charge in [-0.05, 0) is 54.1 Å². The van der Waals surface area contributed by atoms with Crippen LogP contribution in [0.15, 0.2) is 52.8 Å². The summed E-state index contributed by atoms with van der Waals surface area (Å²) in [6.07, 6.45) is 2.84. The Morgan fingerprint density at radius 3 is 2.69 bits per heavy atom. The molecule has 0 spiro atoms. The quantitative estimate of drug-likeness (QED) is 0.399. The van der Waals surface area contributed by atoms with Crippen LogP contribution < -0.4 is 10.5 Å². The van der Waals surface area contributed by atoms with Crippen molar-refractivity contribution in [1.29, 1.82) is 0 Å². The van der Waals surface area contributed by atoms with E-state index in [0.717, 1.165) is 49.5 Å². The van der Waals surface area contributed by atoms with Crippen LogP contribution in [0.1, 0.15) is 18.4 Å². The number of aryl methyl sites for hydroxylation is 1. The van der Waals surface area contributed by atoms with Crippen LogP contribution >= 0.6 is 11.3 Å². The van der Waals surface area contributed by atoms with Crippen molar-refractivity contribution in [3.8, 4) is 0 Å². The summed E-state index contributed by atoms with van der Waals surface area (Å²) < 4.78 is 16.8. The van der Waals surface area contributed by atoms with Crippen LogP contribution in [0, 0.1) is 5.82 Å². The van der Waals surface area contributed by atoms with Gasteiger partial charge in [0.2, 0.25) is 0 Å². The Morgan fingerprint density at radius 2 is 1.89 bits per heavy atom. The molecule has 3 aromatic heterocycles. The van der Waals surface area contributed by atoms with Crippen molar-refractivity contribution in [3.63, 3.8) is 0 Å². The Balaban J connectivity index is 1.28. The Hall–Kier alpha value is -3.30. The van der Waals surface area contributed by atoms with E-state index in [-0.39, 0.29) is 18.5 Å². The van der Waals surface area contributed by atoms with Crippen molar-refractivity contribution in [1.82, 2.24) is 14.5 Å². The van der Waals surface area contributed by atoms with E-state index in [1.807, 2.05) is 6.20 Å². The Kier molecular flexibility index (Phi) is 6.79. The first kappa shape index (κ1) is 23.4. The average molecular weight is 495 g/mol. The lowest BCUT2D eigenvalue weighted by atomic mass is 10.0. The van der Waals surface area contributed by atoms with E-state index >= 15 is 0 Å². The van der Waals surface area contributed by atoms with Gasteiger partial charge < -0.3 is 14.6 Å². The normalized spacial score (nSPS) is 14.7. The summed E-state index contributed by atoms with van der Waals surface area (Å²) in [5.74, 6) is -0.276. The number of hydrogen-bond donors (Lipinski definition) is 1. The minimum absolute atomic E-state index is 0.0343.